The van der Waals surface area contributed by atoms with Crippen LogP contribution in [0.2, 0.25) is 0 Å². The second-order valence-electron chi connectivity index (χ2n) is 6.19. The molecule has 1 unspecified atom stereocenters. The first kappa shape index (κ1) is 19.3. The molecule has 0 bridgehead atoms. The maximum Gasteiger partial charge on any atom is 0.244 e. The lowest BCUT2D eigenvalue weighted by Gasteiger charge is -2.34. The molecule has 3 rings (SSSR count). The van der Waals surface area contributed by atoms with Gasteiger partial charge in [0.1, 0.15) is 10.6 Å². The van der Waals surface area contributed by atoms with Crippen molar-refractivity contribution in [3.63, 3.8) is 0 Å². The largest absolute Gasteiger partial charge is 0.495 e. The fourth-order valence-corrected chi connectivity index (χ4v) is 5.19. The molecule has 0 radical (unpaired) electrons. The van der Waals surface area contributed by atoms with Crippen LogP contribution in [0.15, 0.2) is 40.6 Å². The molecule has 1 N–H and O–H groups in total. The van der Waals surface area contributed by atoms with Crippen LogP contribution in [0.3, 0.4) is 0 Å². The fraction of sp³-hybridized carbons (Fsp3) is 0.444. The summed E-state index contributed by atoms with van der Waals surface area (Å²) in [6.07, 6.45) is 0. The molecule has 1 aromatic heterocycles. The van der Waals surface area contributed by atoms with Crippen molar-refractivity contribution in [1.29, 1.82) is 0 Å². The van der Waals surface area contributed by atoms with E-state index in [1.54, 1.807) is 23.5 Å². The Hall–Kier alpha value is -1.45. The number of nitrogens with one attached hydrogen (secondary N) is 1. The van der Waals surface area contributed by atoms with Crippen molar-refractivity contribution in [2.75, 3.05) is 40.0 Å². The molecule has 26 heavy (non-hydrogen) atoms. The third-order valence-corrected chi connectivity index (χ3v) is 6.85. The highest BCUT2D eigenvalue weighted by Crippen LogP contribution is 2.28. The fourth-order valence-electron chi connectivity index (χ4n) is 3.04. The first-order chi connectivity index (χ1) is 12.5. The summed E-state index contributed by atoms with van der Waals surface area (Å²) in [5, 5.41) is 2.01. The third-order valence-electron chi connectivity index (χ3n) is 4.43. The molecular weight excluding hydrogens is 372 g/mol. The van der Waals surface area contributed by atoms with Crippen LogP contribution in [0, 0.1) is 6.92 Å². The van der Waals surface area contributed by atoms with Crippen LogP contribution in [0.4, 0.5) is 0 Å². The SMILES string of the molecule is COc1ccc(C)cc1S(=O)(=O)NCC(c1cccs1)N1CCOCC1. The Labute approximate surface area is 158 Å². The van der Waals surface area contributed by atoms with Gasteiger partial charge in [-0.05, 0) is 36.1 Å². The number of rotatable bonds is 7. The number of ether oxygens (including phenoxy) is 2. The lowest BCUT2D eigenvalue weighted by atomic mass is 10.2. The number of aryl methyl sites for hydroxylation is 1. The number of methoxy groups -OCH3 is 1. The number of nitrogens with zero attached hydrogens (tertiary/aromatic N) is 1. The van der Waals surface area contributed by atoms with E-state index in [-0.39, 0.29) is 10.9 Å². The van der Waals surface area contributed by atoms with Crippen molar-refractivity contribution < 1.29 is 17.9 Å². The van der Waals surface area contributed by atoms with Crippen LogP contribution in [0.25, 0.3) is 0 Å². The van der Waals surface area contributed by atoms with E-state index in [1.807, 2.05) is 30.5 Å². The van der Waals surface area contributed by atoms with E-state index in [0.29, 0.717) is 25.5 Å². The van der Waals surface area contributed by atoms with E-state index in [2.05, 4.69) is 9.62 Å². The van der Waals surface area contributed by atoms with Crippen LogP contribution < -0.4 is 9.46 Å². The zero-order valence-corrected chi connectivity index (χ0v) is 16.6. The topological polar surface area (TPSA) is 67.9 Å². The van der Waals surface area contributed by atoms with E-state index >= 15 is 0 Å². The summed E-state index contributed by atoms with van der Waals surface area (Å²) < 4.78 is 39.2. The third kappa shape index (κ3) is 4.44. The summed E-state index contributed by atoms with van der Waals surface area (Å²) in [5.74, 6) is 0.349. The van der Waals surface area contributed by atoms with Crippen molar-refractivity contribution in [2.24, 2.45) is 0 Å². The molecule has 1 aromatic carbocycles. The van der Waals surface area contributed by atoms with E-state index < -0.39 is 10.0 Å². The standard InChI is InChI=1S/C18H24N2O4S2/c1-14-5-6-16(23-2)18(12-14)26(21,22)19-13-15(17-4-3-11-25-17)20-7-9-24-10-8-20/h3-6,11-12,15,19H,7-10,13H2,1-2H3. The second-order valence-corrected chi connectivity index (χ2v) is 8.90. The Bertz CT molecular complexity index is 816. The molecule has 1 saturated heterocycles. The summed E-state index contributed by atoms with van der Waals surface area (Å²) in [4.78, 5) is 3.59. The average molecular weight is 397 g/mol. The van der Waals surface area contributed by atoms with Gasteiger partial charge in [0.05, 0.1) is 26.4 Å². The Morgan fingerprint density at radius 3 is 2.73 bits per heavy atom. The average Bonchev–Trinajstić information content (AvgIpc) is 3.17. The quantitative estimate of drug-likeness (QED) is 0.778. The summed E-state index contributed by atoms with van der Waals surface area (Å²) >= 11 is 1.64. The van der Waals surface area contributed by atoms with Crippen LogP contribution in [-0.4, -0.2) is 53.3 Å². The second kappa shape index (κ2) is 8.49. The molecule has 0 saturated carbocycles. The molecule has 0 spiro atoms. The van der Waals surface area contributed by atoms with Gasteiger partial charge in [-0.3, -0.25) is 4.90 Å². The number of hydrogen-bond donors (Lipinski definition) is 1. The van der Waals surface area contributed by atoms with Crippen molar-refractivity contribution >= 4 is 21.4 Å². The van der Waals surface area contributed by atoms with E-state index in [1.165, 1.54) is 7.11 Å². The van der Waals surface area contributed by atoms with Crippen LogP contribution in [-0.2, 0) is 14.8 Å². The minimum atomic E-state index is -3.68. The summed E-state index contributed by atoms with van der Waals surface area (Å²) in [7, 11) is -2.20. The molecule has 8 heteroatoms. The lowest BCUT2D eigenvalue weighted by Crippen LogP contribution is -2.43. The molecule has 2 aromatic rings. The Morgan fingerprint density at radius 1 is 1.31 bits per heavy atom. The number of morpholine rings is 1. The number of benzene rings is 1. The van der Waals surface area contributed by atoms with Crippen LogP contribution in [0.1, 0.15) is 16.5 Å². The van der Waals surface area contributed by atoms with Gasteiger partial charge in [-0.2, -0.15) is 0 Å². The molecular formula is C18H24N2O4S2. The molecule has 1 fully saturated rings. The smallest absolute Gasteiger partial charge is 0.244 e. The Balaban J connectivity index is 1.81. The number of thiophene rings is 1. The number of sulfonamides is 1. The summed E-state index contributed by atoms with van der Waals surface area (Å²) in [5.41, 5.74) is 0.870. The normalized spacial score (nSPS) is 17.2. The van der Waals surface area contributed by atoms with Gasteiger partial charge in [-0.15, -0.1) is 11.3 Å². The highest BCUT2D eigenvalue weighted by Gasteiger charge is 2.27. The number of hydrogen-bond acceptors (Lipinski definition) is 6. The van der Waals surface area contributed by atoms with Gasteiger partial charge in [0.15, 0.2) is 0 Å². The van der Waals surface area contributed by atoms with Gasteiger partial charge in [-0.1, -0.05) is 12.1 Å². The predicted octanol–water partition coefficient (Wildman–Crippen LogP) is 2.42. The molecule has 6 nitrogen and oxygen atoms in total. The molecule has 1 aliphatic rings. The van der Waals surface area contributed by atoms with Crippen molar-refractivity contribution in [3.05, 3.63) is 46.2 Å². The first-order valence-corrected chi connectivity index (χ1v) is 10.9. The minimum absolute atomic E-state index is 0.00974. The maximum absolute atomic E-state index is 12.9. The van der Waals surface area contributed by atoms with Crippen molar-refractivity contribution in [3.8, 4) is 5.75 Å². The van der Waals surface area contributed by atoms with Gasteiger partial charge >= 0.3 is 0 Å². The maximum atomic E-state index is 12.9. The van der Waals surface area contributed by atoms with Gasteiger partial charge in [0.25, 0.3) is 0 Å². The summed E-state index contributed by atoms with van der Waals surface area (Å²) in [6, 6.07) is 9.18. The molecule has 0 amide bonds. The van der Waals surface area contributed by atoms with Crippen LogP contribution in [0.5, 0.6) is 5.75 Å². The molecule has 0 aliphatic carbocycles. The Morgan fingerprint density at radius 2 is 2.08 bits per heavy atom. The lowest BCUT2D eigenvalue weighted by molar-refractivity contribution is 0.0179. The molecule has 142 valence electrons. The first-order valence-electron chi connectivity index (χ1n) is 8.51. The highest BCUT2D eigenvalue weighted by molar-refractivity contribution is 7.89. The van der Waals surface area contributed by atoms with Gasteiger partial charge in [0, 0.05) is 24.5 Å². The van der Waals surface area contributed by atoms with Crippen molar-refractivity contribution in [2.45, 2.75) is 17.9 Å². The van der Waals surface area contributed by atoms with E-state index in [9.17, 15) is 8.42 Å². The van der Waals surface area contributed by atoms with Crippen LogP contribution >= 0.6 is 11.3 Å². The van der Waals surface area contributed by atoms with Gasteiger partial charge in [-0.25, -0.2) is 13.1 Å². The minimum Gasteiger partial charge on any atom is -0.495 e. The van der Waals surface area contributed by atoms with Gasteiger partial charge in [0.2, 0.25) is 10.0 Å². The monoisotopic (exact) mass is 396 g/mol. The molecule has 2 heterocycles. The Kier molecular flexibility index (Phi) is 6.31. The molecule has 1 aliphatic heterocycles. The zero-order valence-electron chi connectivity index (χ0n) is 15.0. The predicted molar refractivity (Wildman–Crippen MR) is 102 cm³/mol. The van der Waals surface area contributed by atoms with Gasteiger partial charge < -0.3 is 9.47 Å². The molecule has 1 atom stereocenters. The highest BCUT2D eigenvalue weighted by atomic mass is 32.2. The van der Waals surface area contributed by atoms with Crippen molar-refractivity contribution in [1.82, 2.24) is 9.62 Å². The van der Waals surface area contributed by atoms with E-state index in [4.69, 9.17) is 9.47 Å². The zero-order chi connectivity index (χ0) is 18.6. The summed E-state index contributed by atoms with van der Waals surface area (Å²) in [6.45, 7) is 5.08. The van der Waals surface area contributed by atoms with E-state index in [0.717, 1.165) is 23.5 Å².